The van der Waals surface area contributed by atoms with Gasteiger partial charge in [0.15, 0.2) is 0 Å². The standard InChI is InChI=1S/C20H30ClN3O3/c1-4-5-10-22-20(26)15-7-6-14(2)24(12-15)13-19(25)23-17-11-16(21)8-9-18(17)27-3/h8-9,11,14-15H,4-7,10,12-13H2,1-3H3,(H,22,26)(H,23,25). The zero-order valence-corrected chi connectivity index (χ0v) is 17.1. The van der Waals surface area contributed by atoms with Gasteiger partial charge in [-0.15, -0.1) is 0 Å². The number of amides is 2. The molecule has 0 aliphatic carbocycles. The Balaban J connectivity index is 1.93. The van der Waals surface area contributed by atoms with Gasteiger partial charge in [-0.2, -0.15) is 0 Å². The first-order valence-corrected chi connectivity index (χ1v) is 9.97. The van der Waals surface area contributed by atoms with Crippen molar-refractivity contribution in [2.24, 2.45) is 5.92 Å². The Hall–Kier alpha value is -1.79. The van der Waals surface area contributed by atoms with Crippen LogP contribution in [-0.4, -0.2) is 49.5 Å². The maximum absolute atomic E-state index is 12.5. The van der Waals surface area contributed by atoms with E-state index in [1.54, 1.807) is 25.3 Å². The minimum atomic E-state index is -0.144. The number of carbonyl (C=O) groups excluding carboxylic acids is 2. The van der Waals surface area contributed by atoms with Crippen LogP contribution in [0.4, 0.5) is 5.69 Å². The summed E-state index contributed by atoms with van der Waals surface area (Å²) in [6.07, 6.45) is 3.81. The first-order valence-electron chi connectivity index (χ1n) is 9.59. The highest BCUT2D eigenvalue weighted by Crippen LogP contribution is 2.28. The summed E-state index contributed by atoms with van der Waals surface area (Å²) in [5.74, 6) is 0.450. The van der Waals surface area contributed by atoms with Gasteiger partial charge in [0.25, 0.3) is 0 Å². The molecule has 1 aromatic carbocycles. The van der Waals surface area contributed by atoms with E-state index in [4.69, 9.17) is 16.3 Å². The van der Waals surface area contributed by atoms with Gasteiger partial charge in [0.2, 0.25) is 11.8 Å². The summed E-state index contributed by atoms with van der Waals surface area (Å²) >= 11 is 6.02. The van der Waals surface area contributed by atoms with Gasteiger partial charge in [0.05, 0.1) is 25.3 Å². The lowest BCUT2D eigenvalue weighted by Crippen LogP contribution is -2.49. The summed E-state index contributed by atoms with van der Waals surface area (Å²) in [6, 6.07) is 5.36. The van der Waals surface area contributed by atoms with Crippen LogP contribution < -0.4 is 15.4 Å². The van der Waals surface area contributed by atoms with Crippen molar-refractivity contribution in [1.82, 2.24) is 10.2 Å². The molecule has 150 valence electrons. The number of nitrogens with zero attached hydrogens (tertiary/aromatic N) is 1. The summed E-state index contributed by atoms with van der Waals surface area (Å²) in [5, 5.41) is 6.40. The Morgan fingerprint density at radius 1 is 1.33 bits per heavy atom. The largest absolute Gasteiger partial charge is 0.495 e. The SMILES string of the molecule is CCCCNC(=O)C1CCC(C)N(CC(=O)Nc2cc(Cl)ccc2OC)C1. The molecule has 7 heteroatoms. The van der Waals surface area contributed by atoms with E-state index in [1.165, 1.54) is 0 Å². The van der Waals surface area contributed by atoms with Crippen LogP contribution in [0.2, 0.25) is 5.02 Å². The Morgan fingerprint density at radius 2 is 2.11 bits per heavy atom. The molecule has 1 saturated heterocycles. The number of unbranched alkanes of at least 4 members (excludes halogenated alkanes) is 1. The molecule has 2 rings (SSSR count). The van der Waals surface area contributed by atoms with Crippen molar-refractivity contribution in [1.29, 1.82) is 0 Å². The second-order valence-electron chi connectivity index (χ2n) is 7.09. The van der Waals surface area contributed by atoms with Gasteiger partial charge in [-0.05, 0) is 44.4 Å². The molecule has 1 aromatic rings. The number of rotatable bonds is 8. The van der Waals surface area contributed by atoms with Gasteiger partial charge in [0.1, 0.15) is 5.75 Å². The van der Waals surface area contributed by atoms with Gasteiger partial charge in [-0.25, -0.2) is 0 Å². The molecule has 0 bridgehead atoms. The van der Waals surface area contributed by atoms with Crippen molar-refractivity contribution in [3.05, 3.63) is 23.2 Å². The van der Waals surface area contributed by atoms with E-state index in [0.29, 0.717) is 23.0 Å². The number of hydrogen-bond donors (Lipinski definition) is 2. The van der Waals surface area contributed by atoms with Gasteiger partial charge < -0.3 is 15.4 Å². The van der Waals surface area contributed by atoms with Crippen molar-refractivity contribution >= 4 is 29.1 Å². The Morgan fingerprint density at radius 3 is 2.81 bits per heavy atom. The van der Waals surface area contributed by atoms with E-state index in [1.807, 2.05) is 0 Å². The molecular weight excluding hydrogens is 366 g/mol. The van der Waals surface area contributed by atoms with E-state index in [0.717, 1.165) is 32.2 Å². The van der Waals surface area contributed by atoms with Crippen LogP contribution in [-0.2, 0) is 9.59 Å². The number of likely N-dealkylation sites (tertiary alicyclic amines) is 1. The molecule has 1 aliphatic heterocycles. The molecule has 0 saturated carbocycles. The fourth-order valence-electron chi connectivity index (χ4n) is 3.30. The van der Waals surface area contributed by atoms with Crippen LogP contribution in [0.3, 0.4) is 0 Å². The molecule has 1 aliphatic rings. The normalized spacial score (nSPS) is 20.1. The zero-order valence-electron chi connectivity index (χ0n) is 16.4. The molecule has 2 atom stereocenters. The minimum Gasteiger partial charge on any atom is -0.495 e. The third kappa shape index (κ3) is 6.40. The molecule has 1 fully saturated rings. The molecule has 1 heterocycles. The molecule has 0 radical (unpaired) electrons. The number of anilines is 1. The summed E-state index contributed by atoms with van der Waals surface area (Å²) < 4.78 is 5.27. The zero-order chi connectivity index (χ0) is 19.8. The molecule has 6 nitrogen and oxygen atoms in total. The molecular formula is C20H30ClN3O3. The van der Waals surface area contributed by atoms with Crippen LogP contribution >= 0.6 is 11.6 Å². The van der Waals surface area contributed by atoms with E-state index >= 15 is 0 Å². The predicted octanol–water partition coefficient (Wildman–Crippen LogP) is 3.30. The smallest absolute Gasteiger partial charge is 0.238 e. The number of ether oxygens (including phenoxy) is 1. The quantitative estimate of drug-likeness (QED) is 0.662. The predicted molar refractivity (Wildman–Crippen MR) is 108 cm³/mol. The van der Waals surface area contributed by atoms with Crippen LogP contribution in [0.25, 0.3) is 0 Å². The van der Waals surface area contributed by atoms with Crippen molar-refractivity contribution in [2.45, 2.75) is 45.6 Å². The molecule has 0 spiro atoms. The lowest BCUT2D eigenvalue weighted by atomic mass is 9.92. The fourth-order valence-corrected chi connectivity index (χ4v) is 3.47. The maximum atomic E-state index is 12.5. The third-order valence-corrected chi connectivity index (χ3v) is 5.23. The van der Waals surface area contributed by atoms with Crippen molar-refractivity contribution in [3.63, 3.8) is 0 Å². The number of halogens is 1. The lowest BCUT2D eigenvalue weighted by molar-refractivity contribution is -0.128. The van der Waals surface area contributed by atoms with Crippen LogP contribution in [0.15, 0.2) is 18.2 Å². The maximum Gasteiger partial charge on any atom is 0.238 e. The fraction of sp³-hybridized carbons (Fsp3) is 0.600. The summed E-state index contributed by atoms with van der Waals surface area (Å²) in [6.45, 7) is 5.74. The van der Waals surface area contributed by atoms with Crippen LogP contribution in [0.5, 0.6) is 5.75 Å². The highest BCUT2D eigenvalue weighted by molar-refractivity contribution is 6.31. The monoisotopic (exact) mass is 395 g/mol. The molecule has 2 N–H and O–H groups in total. The van der Waals surface area contributed by atoms with Crippen molar-refractivity contribution in [3.8, 4) is 5.75 Å². The topological polar surface area (TPSA) is 70.7 Å². The highest BCUT2D eigenvalue weighted by Gasteiger charge is 2.30. The number of carbonyl (C=O) groups is 2. The summed E-state index contributed by atoms with van der Waals surface area (Å²) in [7, 11) is 1.55. The lowest BCUT2D eigenvalue weighted by Gasteiger charge is -2.36. The van der Waals surface area contributed by atoms with Crippen LogP contribution in [0, 0.1) is 5.92 Å². The minimum absolute atomic E-state index is 0.0634. The number of piperidine rings is 1. The number of hydrogen-bond acceptors (Lipinski definition) is 4. The third-order valence-electron chi connectivity index (χ3n) is 4.99. The van der Waals surface area contributed by atoms with Crippen molar-refractivity contribution < 1.29 is 14.3 Å². The van der Waals surface area contributed by atoms with Gasteiger partial charge in [-0.1, -0.05) is 24.9 Å². The number of methoxy groups -OCH3 is 1. The first kappa shape index (κ1) is 21.5. The number of nitrogens with one attached hydrogen (secondary N) is 2. The molecule has 2 unspecified atom stereocenters. The van der Waals surface area contributed by atoms with Gasteiger partial charge in [0, 0.05) is 24.2 Å². The number of benzene rings is 1. The van der Waals surface area contributed by atoms with Gasteiger partial charge >= 0.3 is 0 Å². The molecule has 2 amide bonds. The Kier molecular flexibility index (Phi) is 8.38. The second-order valence-corrected chi connectivity index (χ2v) is 7.53. The van der Waals surface area contributed by atoms with Gasteiger partial charge in [-0.3, -0.25) is 14.5 Å². The summed E-state index contributed by atoms with van der Waals surface area (Å²) in [5.41, 5.74) is 0.550. The molecule has 27 heavy (non-hydrogen) atoms. The van der Waals surface area contributed by atoms with Crippen molar-refractivity contribution in [2.75, 3.05) is 32.1 Å². The Labute approximate surface area is 166 Å². The van der Waals surface area contributed by atoms with E-state index in [9.17, 15) is 9.59 Å². The van der Waals surface area contributed by atoms with Crippen LogP contribution in [0.1, 0.15) is 39.5 Å². The average Bonchev–Trinajstić information content (AvgIpc) is 2.63. The first-order chi connectivity index (χ1) is 12.9. The summed E-state index contributed by atoms with van der Waals surface area (Å²) in [4.78, 5) is 27.0. The Bertz CT molecular complexity index is 653. The second kappa shape index (κ2) is 10.5. The van der Waals surface area contributed by atoms with E-state index in [-0.39, 0.29) is 30.3 Å². The van der Waals surface area contributed by atoms with E-state index in [2.05, 4.69) is 29.4 Å². The van der Waals surface area contributed by atoms with E-state index < -0.39 is 0 Å². The highest BCUT2D eigenvalue weighted by atomic mass is 35.5. The average molecular weight is 396 g/mol. The molecule has 0 aromatic heterocycles.